The molecule has 2 aliphatic rings. The van der Waals surface area contributed by atoms with Crippen molar-refractivity contribution in [2.45, 2.75) is 35.9 Å². The predicted molar refractivity (Wildman–Crippen MR) is 169 cm³/mol. The third kappa shape index (κ3) is 5.00. The summed E-state index contributed by atoms with van der Waals surface area (Å²) in [5.74, 6) is -0.397. The van der Waals surface area contributed by atoms with Gasteiger partial charge in [-0.25, -0.2) is 12.7 Å². The van der Waals surface area contributed by atoms with E-state index in [-0.39, 0.29) is 40.2 Å². The number of carbonyl (C=O) groups is 2. The number of methoxy groups -OCH3 is 4. The fraction of sp³-hybridized carbons (Fsp3) is 0.375. The molecule has 0 aromatic heterocycles. The number of carbonyl (C=O) groups excluding carboxylic acids is 2. The van der Waals surface area contributed by atoms with Crippen LogP contribution in [0.5, 0.6) is 17.2 Å². The second kappa shape index (κ2) is 12.2. The van der Waals surface area contributed by atoms with Gasteiger partial charge in [0.15, 0.2) is 5.54 Å². The number of nitrogens with zero attached hydrogens (tertiary/aromatic N) is 3. The molecule has 2 aliphatic heterocycles. The Hall–Kier alpha value is -3.84. The Morgan fingerprint density at radius 2 is 1.64 bits per heavy atom. The number of likely N-dealkylation sites (N-methyl/N-ethyl adjacent to an activating group) is 1. The van der Waals surface area contributed by atoms with E-state index in [4.69, 9.17) is 30.5 Å². The van der Waals surface area contributed by atoms with Gasteiger partial charge in [0, 0.05) is 50.0 Å². The number of hydrogen-bond donors (Lipinski definition) is 0. The maximum Gasteiger partial charge on any atom is 0.274 e. The van der Waals surface area contributed by atoms with Crippen molar-refractivity contribution in [2.24, 2.45) is 0 Å². The molecule has 45 heavy (non-hydrogen) atoms. The number of sulfonamides is 1. The number of hydrogen-bond acceptors (Lipinski definition) is 9. The third-order valence-electron chi connectivity index (χ3n) is 8.52. The van der Waals surface area contributed by atoms with Gasteiger partial charge in [0.25, 0.3) is 15.9 Å². The average Bonchev–Trinajstić information content (AvgIpc) is 3.57. The fourth-order valence-corrected chi connectivity index (χ4v) is 8.08. The molecule has 2 heterocycles. The normalized spacial score (nSPS) is 21.5. The van der Waals surface area contributed by atoms with Crippen LogP contribution in [0.15, 0.2) is 59.5 Å². The molecule has 13 heteroatoms. The van der Waals surface area contributed by atoms with Gasteiger partial charge < -0.3 is 23.8 Å². The number of anilines is 1. The van der Waals surface area contributed by atoms with E-state index in [1.165, 1.54) is 50.5 Å². The van der Waals surface area contributed by atoms with Crippen LogP contribution in [0.3, 0.4) is 0 Å². The number of amides is 2. The highest BCUT2D eigenvalue weighted by Gasteiger charge is 2.64. The van der Waals surface area contributed by atoms with Crippen LogP contribution in [-0.2, 0) is 29.9 Å². The lowest BCUT2D eigenvalue weighted by Crippen LogP contribution is -2.59. The lowest BCUT2D eigenvalue weighted by Gasteiger charge is -2.42. The summed E-state index contributed by atoms with van der Waals surface area (Å²) in [4.78, 5) is 32.1. The molecule has 0 aliphatic carbocycles. The Bertz CT molecular complexity index is 1760. The molecule has 0 bridgehead atoms. The van der Waals surface area contributed by atoms with E-state index in [1.54, 1.807) is 63.4 Å². The Labute approximate surface area is 268 Å². The molecule has 240 valence electrons. The van der Waals surface area contributed by atoms with E-state index in [0.29, 0.717) is 28.2 Å². The van der Waals surface area contributed by atoms with Crippen LogP contribution < -0.4 is 18.5 Å². The Kier molecular flexibility index (Phi) is 8.80. The van der Waals surface area contributed by atoms with Crippen molar-refractivity contribution >= 4 is 39.1 Å². The van der Waals surface area contributed by atoms with Crippen LogP contribution in [-0.4, -0.2) is 91.3 Å². The number of benzene rings is 3. The number of rotatable bonds is 9. The monoisotopic (exact) mass is 657 g/mol. The van der Waals surface area contributed by atoms with Crippen LogP contribution in [0.2, 0.25) is 5.02 Å². The lowest BCUT2D eigenvalue weighted by molar-refractivity contribution is -0.138. The van der Waals surface area contributed by atoms with E-state index in [0.717, 1.165) is 4.31 Å². The first-order valence-corrected chi connectivity index (χ1v) is 16.0. The number of likely N-dealkylation sites (tertiary alicyclic amines) is 1. The number of ether oxygens (including phenoxy) is 4. The van der Waals surface area contributed by atoms with Crippen molar-refractivity contribution in [3.8, 4) is 17.2 Å². The summed E-state index contributed by atoms with van der Waals surface area (Å²) in [7, 11) is 4.42. The van der Waals surface area contributed by atoms with Crippen molar-refractivity contribution in [3.63, 3.8) is 0 Å². The van der Waals surface area contributed by atoms with Gasteiger partial charge in [-0.1, -0.05) is 29.8 Å². The van der Waals surface area contributed by atoms with Gasteiger partial charge in [0.1, 0.15) is 22.1 Å². The first-order chi connectivity index (χ1) is 21.4. The van der Waals surface area contributed by atoms with Crippen LogP contribution in [0.25, 0.3) is 0 Å². The molecule has 0 N–H and O–H groups in total. The Morgan fingerprint density at radius 1 is 0.956 bits per heavy atom. The minimum Gasteiger partial charge on any atom is -0.497 e. The summed E-state index contributed by atoms with van der Waals surface area (Å²) in [6, 6.07) is 13.5. The zero-order valence-electron chi connectivity index (χ0n) is 26.2. The van der Waals surface area contributed by atoms with Gasteiger partial charge in [-0.05, 0) is 49.2 Å². The van der Waals surface area contributed by atoms with E-state index >= 15 is 4.79 Å². The number of fused-ring (bicyclic) bond motifs is 1. The zero-order chi connectivity index (χ0) is 32.8. The molecule has 5 rings (SSSR count). The molecule has 0 saturated carbocycles. The molecule has 0 spiro atoms. The van der Waals surface area contributed by atoms with E-state index < -0.39 is 33.6 Å². The SMILES string of the molecule is COc1ccc(S(=O)(=O)N2C(=O)C(c3ccccc3OC)(N3C[C@H](OC)C[C@H]3C(=O)N(C)C)c3cc(C)c(Cl)cc32)c(OC)c1. The van der Waals surface area contributed by atoms with Crippen LogP contribution in [0.4, 0.5) is 5.69 Å². The first-order valence-electron chi connectivity index (χ1n) is 14.1. The van der Waals surface area contributed by atoms with Gasteiger partial charge in [-0.3, -0.25) is 14.5 Å². The molecular formula is C32H36ClN3O8S. The predicted octanol–water partition coefficient (Wildman–Crippen LogP) is 3.83. The zero-order valence-corrected chi connectivity index (χ0v) is 27.7. The molecule has 1 unspecified atom stereocenters. The maximum atomic E-state index is 15.4. The van der Waals surface area contributed by atoms with E-state index in [1.807, 2.05) is 0 Å². The van der Waals surface area contributed by atoms with Gasteiger partial charge in [-0.15, -0.1) is 0 Å². The maximum absolute atomic E-state index is 15.4. The highest BCUT2D eigenvalue weighted by molar-refractivity contribution is 7.93. The van der Waals surface area contributed by atoms with Crippen LogP contribution in [0.1, 0.15) is 23.1 Å². The number of para-hydroxylation sites is 1. The van der Waals surface area contributed by atoms with Crippen molar-refractivity contribution in [1.29, 1.82) is 0 Å². The van der Waals surface area contributed by atoms with Crippen molar-refractivity contribution in [3.05, 3.63) is 76.3 Å². The molecule has 2 amide bonds. The number of aryl methyl sites for hydroxylation is 1. The molecule has 3 aromatic carbocycles. The standard InChI is InChI=1S/C32H36ClN3O8S/c1-19-14-23-25(17-24(19)33)36(45(39,40)29-13-12-20(41-4)16-28(29)44-7)31(38)32(23,22-10-8-9-11-27(22)43-6)35-18-21(42-5)15-26(35)30(37)34(2)3/h8-14,16-17,21,26H,15,18H2,1-7H3/t21-,26+,32?/m1/s1. The quantitative estimate of drug-likeness (QED) is 0.339. The summed E-state index contributed by atoms with van der Waals surface area (Å²) in [6.45, 7) is 1.92. The molecular weight excluding hydrogens is 622 g/mol. The summed E-state index contributed by atoms with van der Waals surface area (Å²) in [6.07, 6.45) is -0.152. The molecule has 3 aromatic rings. The summed E-state index contributed by atoms with van der Waals surface area (Å²) in [5, 5.41) is 0.261. The highest BCUT2D eigenvalue weighted by atomic mass is 35.5. The molecule has 3 atom stereocenters. The number of halogens is 1. The van der Waals surface area contributed by atoms with Crippen LogP contribution in [0, 0.1) is 6.92 Å². The smallest absolute Gasteiger partial charge is 0.274 e. The Balaban J connectivity index is 1.89. The van der Waals surface area contributed by atoms with Gasteiger partial charge in [0.05, 0.1) is 39.2 Å². The topological polar surface area (TPSA) is 115 Å². The second-order valence-electron chi connectivity index (χ2n) is 11.1. The minimum atomic E-state index is -4.65. The fourth-order valence-electron chi connectivity index (χ4n) is 6.33. The van der Waals surface area contributed by atoms with Gasteiger partial charge in [-0.2, -0.15) is 0 Å². The summed E-state index contributed by atoms with van der Waals surface area (Å²) < 4.78 is 52.4. The second-order valence-corrected chi connectivity index (χ2v) is 13.3. The summed E-state index contributed by atoms with van der Waals surface area (Å²) in [5.41, 5.74) is -0.470. The molecule has 1 fully saturated rings. The van der Waals surface area contributed by atoms with E-state index in [2.05, 4.69) is 0 Å². The van der Waals surface area contributed by atoms with Crippen LogP contribution >= 0.6 is 11.6 Å². The molecule has 1 saturated heterocycles. The third-order valence-corrected chi connectivity index (χ3v) is 10.7. The lowest BCUT2D eigenvalue weighted by atomic mass is 9.80. The van der Waals surface area contributed by atoms with Crippen molar-refractivity contribution in [1.82, 2.24) is 9.80 Å². The molecule has 11 nitrogen and oxygen atoms in total. The highest BCUT2D eigenvalue weighted by Crippen LogP contribution is 2.55. The van der Waals surface area contributed by atoms with E-state index in [9.17, 15) is 13.2 Å². The van der Waals surface area contributed by atoms with Gasteiger partial charge >= 0.3 is 0 Å². The first kappa shape index (κ1) is 32.6. The van der Waals surface area contributed by atoms with Gasteiger partial charge in [0.2, 0.25) is 5.91 Å². The minimum absolute atomic E-state index is 0.0158. The summed E-state index contributed by atoms with van der Waals surface area (Å²) >= 11 is 6.63. The largest absolute Gasteiger partial charge is 0.497 e. The van der Waals surface area contributed by atoms with Crippen molar-refractivity contribution in [2.75, 3.05) is 53.4 Å². The Morgan fingerprint density at radius 3 is 2.27 bits per heavy atom. The average molecular weight is 658 g/mol. The van der Waals surface area contributed by atoms with Crippen molar-refractivity contribution < 1.29 is 37.0 Å². The molecule has 0 radical (unpaired) electrons.